The van der Waals surface area contributed by atoms with Crippen molar-refractivity contribution in [2.24, 2.45) is 5.73 Å². The zero-order valence-electron chi connectivity index (χ0n) is 23.1. The van der Waals surface area contributed by atoms with E-state index in [1.807, 2.05) is 45.0 Å². The number of nitrogens with zero attached hydrogens (tertiary/aromatic N) is 2. The highest BCUT2D eigenvalue weighted by Crippen LogP contribution is 2.44. The van der Waals surface area contributed by atoms with Crippen molar-refractivity contribution in [1.29, 1.82) is 5.41 Å². The average molecular weight is 521 g/mol. The van der Waals surface area contributed by atoms with Gasteiger partial charge in [0.2, 0.25) is 0 Å². The number of ether oxygens (including phenoxy) is 3. The third kappa shape index (κ3) is 5.32. The van der Waals surface area contributed by atoms with Gasteiger partial charge in [0, 0.05) is 19.2 Å². The fourth-order valence-electron chi connectivity index (χ4n) is 4.67. The molecule has 0 spiro atoms. The first-order valence-electron chi connectivity index (χ1n) is 12.6. The average Bonchev–Trinajstić information content (AvgIpc) is 3.31. The summed E-state index contributed by atoms with van der Waals surface area (Å²) in [7, 11) is 3.22. The van der Waals surface area contributed by atoms with Crippen molar-refractivity contribution in [2.75, 3.05) is 20.8 Å². The van der Waals surface area contributed by atoms with E-state index in [1.54, 1.807) is 19.1 Å². The topological polar surface area (TPSA) is 124 Å². The van der Waals surface area contributed by atoms with Gasteiger partial charge in [-0.05, 0) is 61.4 Å². The SMILES string of the molecule is COc1cc(OC)c(C(C)C)cc1-c1onc(C(=N)N)c1-c1ccc2c(c1)CCN(C(=O)OC(C)(C)C)C2. The van der Waals surface area contributed by atoms with E-state index >= 15 is 0 Å². The molecule has 0 aliphatic carbocycles. The number of aromatic nitrogens is 1. The molecule has 0 saturated heterocycles. The fraction of sp³-hybridized carbons (Fsp3) is 0.414. The first-order chi connectivity index (χ1) is 17.9. The first-order valence-corrected chi connectivity index (χ1v) is 12.6. The van der Waals surface area contributed by atoms with Gasteiger partial charge in [-0.2, -0.15) is 0 Å². The third-order valence-corrected chi connectivity index (χ3v) is 6.52. The number of carbonyl (C=O) groups is 1. The second-order valence-electron chi connectivity index (χ2n) is 10.7. The summed E-state index contributed by atoms with van der Waals surface area (Å²) in [5, 5.41) is 12.3. The maximum absolute atomic E-state index is 12.6. The number of fused-ring (bicyclic) bond motifs is 1. The lowest BCUT2D eigenvalue weighted by Crippen LogP contribution is -2.39. The number of amidine groups is 1. The van der Waals surface area contributed by atoms with Gasteiger partial charge in [-0.25, -0.2) is 4.79 Å². The van der Waals surface area contributed by atoms with E-state index in [-0.39, 0.29) is 23.5 Å². The molecule has 9 heteroatoms. The summed E-state index contributed by atoms with van der Waals surface area (Å²) in [4.78, 5) is 14.3. The van der Waals surface area contributed by atoms with Gasteiger partial charge in [0.25, 0.3) is 0 Å². The van der Waals surface area contributed by atoms with Crippen LogP contribution in [-0.4, -0.2) is 48.4 Å². The second kappa shape index (κ2) is 10.4. The van der Waals surface area contributed by atoms with E-state index in [9.17, 15) is 4.79 Å². The van der Waals surface area contributed by atoms with Crippen molar-refractivity contribution in [3.8, 4) is 33.9 Å². The summed E-state index contributed by atoms with van der Waals surface area (Å²) in [5.74, 6) is 1.73. The molecule has 3 aromatic rings. The zero-order chi connectivity index (χ0) is 27.8. The van der Waals surface area contributed by atoms with Crippen molar-refractivity contribution >= 4 is 11.9 Å². The molecule has 2 aromatic carbocycles. The van der Waals surface area contributed by atoms with Crippen LogP contribution in [0.25, 0.3) is 22.5 Å². The Kier molecular flexibility index (Phi) is 7.40. The highest BCUT2D eigenvalue weighted by atomic mass is 16.6. The summed E-state index contributed by atoms with van der Waals surface area (Å²) in [6.45, 7) is 10.8. The maximum Gasteiger partial charge on any atom is 0.410 e. The molecule has 1 amide bonds. The molecular formula is C29H36N4O5. The zero-order valence-corrected chi connectivity index (χ0v) is 23.1. The molecule has 1 aromatic heterocycles. The lowest BCUT2D eigenvalue weighted by atomic mass is 9.91. The minimum Gasteiger partial charge on any atom is -0.496 e. The van der Waals surface area contributed by atoms with Crippen LogP contribution in [0.3, 0.4) is 0 Å². The van der Waals surface area contributed by atoms with E-state index in [2.05, 4.69) is 25.1 Å². The number of nitrogen functional groups attached to an aromatic ring is 1. The molecule has 0 fully saturated rings. The Labute approximate surface area is 223 Å². The summed E-state index contributed by atoms with van der Waals surface area (Å²) in [6, 6.07) is 9.81. The van der Waals surface area contributed by atoms with Crippen LogP contribution in [0.15, 0.2) is 34.9 Å². The molecule has 9 nitrogen and oxygen atoms in total. The number of benzene rings is 2. The molecular weight excluding hydrogens is 484 g/mol. The molecule has 202 valence electrons. The molecule has 1 aliphatic rings. The Morgan fingerprint density at radius 3 is 2.42 bits per heavy atom. The monoisotopic (exact) mass is 520 g/mol. The van der Waals surface area contributed by atoms with Crippen molar-refractivity contribution in [2.45, 2.75) is 59.1 Å². The molecule has 0 saturated carbocycles. The van der Waals surface area contributed by atoms with Crippen LogP contribution in [0, 0.1) is 5.41 Å². The second-order valence-corrected chi connectivity index (χ2v) is 10.7. The molecule has 0 atom stereocenters. The molecule has 4 rings (SSSR count). The number of methoxy groups -OCH3 is 2. The number of nitrogens with one attached hydrogen (secondary N) is 1. The number of rotatable bonds is 6. The van der Waals surface area contributed by atoms with Crippen LogP contribution in [-0.2, 0) is 17.7 Å². The van der Waals surface area contributed by atoms with Crippen LogP contribution >= 0.6 is 0 Å². The van der Waals surface area contributed by atoms with Crippen molar-refractivity contribution in [3.63, 3.8) is 0 Å². The van der Waals surface area contributed by atoms with Crippen LogP contribution < -0.4 is 15.2 Å². The number of amides is 1. The molecule has 0 radical (unpaired) electrons. The highest BCUT2D eigenvalue weighted by Gasteiger charge is 2.29. The number of hydrogen-bond donors (Lipinski definition) is 2. The fourth-order valence-corrected chi connectivity index (χ4v) is 4.67. The highest BCUT2D eigenvalue weighted by molar-refractivity contribution is 6.03. The van der Waals surface area contributed by atoms with Crippen LogP contribution in [0.1, 0.15) is 62.9 Å². The van der Waals surface area contributed by atoms with Gasteiger partial charge < -0.3 is 29.4 Å². The Morgan fingerprint density at radius 1 is 1.11 bits per heavy atom. The molecule has 3 N–H and O–H groups in total. The summed E-state index contributed by atoms with van der Waals surface area (Å²) >= 11 is 0. The summed E-state index contributed by atoms with van der Waals surface area (Å²) in [5.41, 5.74) is 10.9. The van der Waals surface area contributed by atoms with E-state index in [4.69, 9.17) is 29.9 Å². The van der Waals surface area contributed by atoms with Crippen LogP contribution in [0.2, 0.25) is 0 Å². The summed E-state index contributed by atoms with van der Waals surface area (Å²) in [6.07, 6.45) is 0.349. The van der Waals surface area contributed by atoms with E-state index in [1.165, 1.54) is 0 Å². The minimum atomic E-state index is -0.549. The molecule has 0 unspecified atom stereocenters. The van der Waals surface area contributed by atoms with E-state index in [0.29, 0.717) is 42.1 Å². The number of hydrogen-bond acceptors (Lipinski definition) is 7. The largest absolute Gasteiger partial charge is 0.496 e. The first kappa shape index (κ1) is 27.0. The maximum atomic E-state index is 12.6. The number of carbonyl (C=O) groups excluding carboxylic acids is 1. The van der Waals surface area contributed by atoms with Gasteiger partial charge in [0.1, 0.15) is 22.9 Å². The summed E-state index contributed by atoms with van der Waals surface area (Å²) < 4.78 is 22.7. The quantitative estimate of drug-likeness (QED) is 0.314. The predicted molar refractivity (Wildman–Crippen MR) is 146 cm³/mol. The molecule has 2 heterocycles. The van der Waals surface area contributed by atoms with Crippen molar-refractivity contribution in [3.05, 3.63) is 52.7 Å². The number of nitrogens with two attached hydrogens (primary N) is 1. The van der Waals surface area contributed by atoms with Gasteiger partial charge in [-0.1, -0.05) is 37.2 Å². The molecule has 38 heavy (non-hydrogen) atoms. The van der Waals surface area contributed by atoms with Gasteiger partial charge in [-0.15, -0.1) is 0 Å². The lowest BCUT2D eigenvalue weighted by Gasteiger charge is -2.31. The van der Waals surface area contributed by atoms with E-state index < -0.39 is 5.60 Å². The molecule has 1 aliphatic heterocycles. The van der Waals surface area contributed by atoms with Gasteiger partial charge in [-0.3, -0.25) is 5.41 Å². The van der Waals surface area contributed by atoms with Crippen LogP contribution in [0.4, 0.5) is 4.79 Å². The molecule has 0 bridgehead atoms. The Balaban J connectivity index is 1.78. The minimum absolute atomic E-state index is 0.185. The van der Waals surface area contributed by atoms with Gasteiger partial charge >= 0.3 is 6.09 Å². The van der Waals surface area contributed by atoms with Crippen molar-refractivity contribution < 1.29 is 23.5 Å². The smallest absolute Gasteiger partial charge is 0.410 e. The van der Waals surface area contributed by atoms with Crippen LogP contribution in [0.5, 0.6) is 11.5 Å². The van der Waals surface area contributed by atoms with Gasteiger partial charge in [0.15, 0.2) is 11.5 Å². The Bertz CT molecular complexity index is 1370. The Morgan fingerprint density at radius 2 is 1.82 bits per heavy atom. The normalized spacial score (nSPS) is 13.3. The van der Waals surface area contributed by atoms with E-state index in [0.717, 1.165) is 28.0 Å². The standard InChI is InChI=1S/C29H36N4O5/c1-16(2)20-13-21(23(36-7)14-22(20)35-6)26-24(25(27(30)31)32-38-26)18-8-9-19-15-33(11-10-17(19)12-18)28(34)37-29(3,4)5/h8-9,12-14,16H,10-11,15H2,1-7H3,(H3,30,31). The third-order valence-electron chi connectivity index (χ3n) is 6.52. The van der Waals surface area contributed by atoms with Crippen molar-refractivity contribution in [1.82, 2.24) is 10.1 Å². The predicted octanol–water partition coefficient (Wildman–Crippen LogP) is 5.73. The Hall–Kier alpha value is -4.01. The van der Waals surface area contributed by atoms with Gasteiger partial charge in [0.05, 0.1) is 25.3 Å². The lowest BCUT2D eigenvalue weighted by molar-refractivity contribution is 0.0224.